The Hall–Kier alpha value is -1.13. The lowest BCUT2D eigenvalue weighted by molar-refractivity contribution is -0.115. The highest BCUT2D eigenvalue weighted by atomic mass is 79.9. The third kappa shape index (κ3) is 4.48. The lowest BCUT2D eigenvalue weighted by Crippen LogP contribution is -2.14. The summed E-state index contributed by atoms with van der Waals surface area (Å²) in [5.41, 5.74) is 2.97. The molecule has 0 bridgehead atoms. The van der Waals surface area contributed by atoms with Crippen LogP contribution in [0, 0.1) is 0 Å². The third-order valence-corrected chi connectivity index (χ3v) is 3.82. The van der Waals surface area contributed by atoms with Crippen LogP contribution in [0.4, 0.5) is 5.69 Å². The van der Waals surface area contributed by atoms with Crippen LogP contribution >= 0.6 is 31.9 Å². The standard InChI is InChI=1S/C15H13Br2NO/c16-10-12-2-1-3-14(8-12)18-15(19)9-11-4-6-13(17)7-5-11/h1-8H,9-10H2,(H,18,19). The predicted molar refractivity (Wildman–Crippen MR) is 85.5 cm³/mol. The van der Waals surface area contributed by atoms with E-state index in [1.165, 1.54) is 0 Å². The van der Waals surface area contributed by atoms with Gasteiger partial charge in [0.2, 0.25) is 5.91 Å². The van der Waals surface area contributed by atoms with Crippen LogP contribution in [0.1, 0.15) is 11.1 Å². The molecule has 2 aromatic rings. The molecular formula is C15H13Br2NO. The number of hydrogen-bond acceptors (Lipinski definition) is 1. The van der Waals surface area contributed by atoms with Gasteiger partial charge in [-0.1, -0.05) is 56.1 Å². The number of amides is 1. The second kappa shape index (κ2) is 6.87. The number of anilines is 1. The van der Waals surface area contributed by atoms with E-state index in [-0.39, 0.29) is 5.91 Å². The van der Waals surface area contributed by atoms with Crippen LogP contribution < -0.4 is 5.32 Å². The quantitative estimate of drug-likeness (QED) is 0.773. The fourth-order valence-corrected chi connectivity index (χ4v) is 2.34. The normalized spacial score (nSPS) is 10.2. The Kier molecular flexibility index (Phi) is 5.16. The number of halogens is 2. The number of benzene rings is 2. The number of carbonyl (C=O) groups is 1. The molecule has 0 aliphatic carbocycles. The van der Waals surface area contributed by atoms with Crippen molar-refractivity contribution in [3.8, 4) is 0 Å². The minimum Gasteiger partial charge on any atom is -0.326 e. The van der Waals surface area contributed by atoms with Crippen LogP contribution in [0.2, 0.25) is 0 Å². The minimum absolute atomic E-state index is 0.00551. The summed E-state index contributed by atoms with van der Waals surface area (Å²) in [4.78, 5) is 11.9. The zero-order valence-electron chi connectivity index (χ0n) is 10.2. The number of nitrogens with one attached hydrogen (secondary N) is 1. The number of rotatable bonds is 4. The zero-order chi connectivity index (χ0) is 13.7. The zero-order valence-corrected chi connectivity index (χ0v) is 13.4. The van der Waals surface area contributed by atoms with Gasteiger partial charge < -0.3 is 5.32 Å². The summed E-state index contributed by atoms with van der Waals surface area (Å²) in [5.74, 6) is -0.00551. The van der Waals surface area contributed by atoms with Crippen molar-refractivity contribution in [2.45, 2.75) is 11.8 Å². The maximum atomic E-state index is 11.9. The molecule has 2 rings (SSSR count). The van der Waals surface area contributed by atoms with Gasteiger partial charge >= 0.3 is 0 Å². The smallest absolute Gasteiger partial charge is 0.228 e. The van der Waals surface area contributed by atoms with Gasteiger partial charge in [-0.05, 0) is 35.4 Å². The van der Waals surface area contributed by atoms with Gasteiger partial charge in [-0.15, -0.1) is 0 Å². The van der Waals surface area contributed by atoms with E-state index in [0.717, 1.165) is 26.6 Å². The maximum absolute atomic E-state index is 11.9. The first-order valence-electron chi connectivity index (χ1n) is 5.86. The molecule has 98 valence electrons. The monoisotopic (exact) mass is 381 g/mol. The average Bonchev–Trinajstić information content (AvgIpc) is 2.41. The van der Waals surface area contributed by atoms with Gasteiger partial charge in [0.15, 0.2) is 0 Å². The molecule has 4 heteroatoms. The Labute approximate surface area is 129 Å². The van der Waals surface area contributed by atoms with Crippen molar-refractivity contribution < 1.29 is 4.79 Å². The molecule has 0 radical (unpaired) electrons. The number of carbonyl (C=O) groups excluding carboxylic acids is 1. The van der Waals surface area contributed by atoms with Crippen molar-refractivity contribution in [2.24, 2.45) is 0 Å². The summed E-state index contributed by atoms with van der Waals surface area (Å²) in [6.07, 6.45) is 0.381. The first kappa shape index (κ1) is 14.3. The van der Waals surface area contributed by atoms with E-state index in [1.54, 1.807) is 0 Å². The fraction of sp³-hybridized carbons (Fsp3) is 0.133. The molecule has 0 saturated carbocycles. The minimum atomic E-state index is -0.00551. The molecule has 0 saturated heterocycles. The van der Waals surface area contributed by atoms with Gasteiger partial charge in [-0.3, -0.25) is 4.79 Å². The van der Waals surface area contributed by atoms with E-state index in [2.05, 4.69) is 37.2 Å². The van der Waals surface area contributed by atoms with E-state index in [4.69, 9.17) is 0 Å². The first-order chi connectivity index (χ1) is 9.17. The van der Waals surface area contributed by atoms with E-state index < -0.39 is 0 Å². The summed E-state index contributed by atoms with van der Waals surface area (Å²) in [7, 11) is 0. The van der Waals surface area contributed by atoms with Crippen LogP contribution in [-0.4, -0.2) is 5.91 Å². The molecule has 0 unspecified atom stereocenters. The van der Waals surface area contributed by atoms with Crippen molar-refractivity contribution in [1.82, 2.24) is 0 Å². The number of hydrogen-bond donors (Lipinski definition) is 1. The van der Waals surface area contributed by atoms with Gasteiger partial charge in [0, 0.05) is 15.5 Å². The van der Waals surface area contributed by atoms with Crippen molar-refractivity contribution >= 4 is 43.5 Å². The predicted octanol–water partition coefficient (Wildman–Crippen LogP) is 4.53. The van der Waals surface area contributed by atoms with Crippen molar-refractivity contribution in [3.05, 3.63) is 64.1 Å². The highest BCUT2D eigenvalue weighted by Gasteiger charge is 2.04. The Morgan fingerprint density at radius 2 is 1.79 bits per heavy atom. The summed E-state index contributed by atoms with van der Waals surface area (Å²) < 4.78 is 1.02. The molecule has 0 aromatic heterocycles. The van der Waals surface area contributed by atoms with E-state index in [9.17, 15) is 4.79 Å². The van der Waals surface area contributed by atoms with Gasteiger partial charge in [-0.2, -0.15) is 0 Å². The highest BCUT2D eigenvalue weighted by Crippen LogP contribution is 2.14. The molecule has 0 heterocycles. The highest BCUT2D eigenvalue weighted by molar-refractivity contribution is 9.10. The maximum Gasteiger partial charge on any atom is 0.228 e. The third-order valence-electron chi connectivity index (χ3n) is 2.64. The Morgan fingerprint density at radius 1 is 1.05 bits per heavy atom. The summed E-state index contributed by atoms with van der Waals surface area (Å²) in [6, 6.07) is 15.6. The second-order valence-electron chi connectivity index (χ2n) is 4.19. The van der Waals surface area contributed by atoms with E-state index in [1.807, 2.05) is 48.5 Å². The SMILES string of the molecule is O=C(Cc1ccc(Br)cc1)Nc1cccc(CBr)c1. The van der Waals surface area contributed by atoms with E-state index in [0.29, 0.717) is 6.42 Å². The lowest BCUT2D eigenvalue weighted by Gasteiger charge is -2.06. The molecule has 0 aliphatic heterocycles. The molecule has 0 aliphatic rings. The largest absolute Gasteiger partial charge is 0.326 e. The van der Waals surface area contributed by atoms with Gasteiger partial charge in [0.05, 0.1) is 6.42 Å². The number of alkyl halides is 1. The van der Waals surface area contributed by atoms with Gasteiger partial charge in [0.25, 0.3) is 0 Å². The molecule has 0 fully saturated rings. The second-order valence-corrected chi connectivity index (χ2v) is 5.66. The Balaban J connectivity index is 1.99. The summed E-state index contributed by atoms with van der Waals surface area (Å²) >= 11 is 6.78. The van der Waals surface area contributed by atoms with Crippen molar-refractivity contribution in [1.29, 1.82) is 0 Å². The molecule has 0 spiro atoms. The van der Waals surface area contributed by atoms with Gasteiger partial charge in [0.1, 0.15) is 0 Å². The summed E-state index contributed by atoms with van der Waals surface area (Å²) in [5, 5.41) is 3.69. The molecule has 19 heavy (non-hydrogen) atoms. The molecule has 2 nitrogen and oxygen atoms in total. The van der Waals surface area contributed by atoms with Crippen molar-refractivity contribution in [2.75, 3.05) is 5.32 Å². The fourth-order valence-electron chi connectivity index (χ4n) is 1.73. The average molecular weight is 383 g/mol. The molecular weight excluding hydrogens is 370 g/mol. The summed E-state index contributed by atoms with van der Waals surface area (Å²) in [6.45, 7) is 0. The van der Waals surface area contributed by atoms with E-state index >= 15 is 0 Å². The van der Waals surface area contributed by atoms with Crippen molar-refractivity contribution in [3.63, 3.8) is 0 Å². The molecule has 1 N–H and O–H groups in total. The lowest BCUT2D eigenvalue weighted by atomic mass is 10.1. The molecule has 2 aromatic carbocycles. The molecule has 0 atom stereocenters. The first-order valence-corrected chi connectivity index (χ1v) is 7.78. The van der Waals surface area contributed by atoms with Crippen LogP contribution in [-0.2, 0) is 16.5 Å². The van der Waals surface area contributed by atoms with Crippen LogP contribution in [0.25, 0.3) is 0 Å². The van der Waals surface area contributed by atoms with Crippen LogP contribution in [0.3, 0.4) is 0 Å². The van der Waals surface area contributed by atoms with Crippen LogP contribution in [0.5, 0.6) is 0 Å². The van der Waals surface area contributed by atoms with Crippen LogP contribution in [0.15, 0.2) is 53.0 Å². The van der Waals surface area contributed by atoms with Gasteiger partial charge in [-0.25, -0.2) is 0 Å². The topological polar surface area (TPSA) is 29.1 Å². The Bertz CT molecular complexity index is 567. The Morgan fingerprint density at radius 3 is 2.47 bits per heavy atom. The molecule has 1 amide bonds.